The Morgan fingerprint density at radius 3 is 2.35 bits per heavy atom. The van der Waals surface area contributed by atoms with Gasteiger partial charge in [-0.3, -0.25) is 4.98 Å². The van der Waals surface area contributed by atoms with Gasteiger partial charge in [0.05, 0.1) is 5.39 Å². The van der Waals surface area contributed by atoms with E-state index in [-0.39, 0.29) is 5.75 Å². The van der Waals surface area contributed by atoms with Gasteiger partial charge in [0.2, 0.25) is 0 Å². The van der Waals surface area contributed by atoms with E-state index in [2.05, 4.69) is 20.1 Å². The number of hydrogen-bond acceptors (Lipinski definition) is 8. The summed E-state index contributed by atoms with van der Waals surface area (Å²) in [5, 5.41) is 15.6. The highest BCUT2D eigenvalue weighted by Gasteiger charge is 2.15. The molecular weight excluding hydrogens is 540 g/mol. The minimum Gasteiger partial charge on any atom is -0.506 e. The maximum atomic E-state index is 9.31. The molecule has 0 amide bonds. The summed E-state index contributed by atoms with van der Waals surface area (Å²) in [6.07, 6.45) is 3.11. The molecule has 3 heterocycles. The molecule has 0 saturated heterocycles. The van der Waals surface area contributed by atoms with E-state index in [1.807, 2.05) is 104 Å². The van der Waals surface area contributed by atoms with Crippen molar-refractivity contribution in [3.63, 3.8) is 0 Å². The first-order valence-electron chi connectivity index (χ1n) is 13.6. The van der Waals surface area contributed by atoms with Crippen molar-refractivity contribution in [2.45, 2.75) is 6.61 Å². The number of phenolic OH excluding ortho intramolecular Hbond substituents is 1. The second-order valence-electron chi connectivity index (χ2n) is 9.66. The maximum absolute atomic E-state index is 9.31. The van der Waals surface area contributed by atoms with Crippen LogP contribution in [0, 0.1) is 0 Å². The van der Waals surface area contributed by atoms with Crippen LogP contribution in [0.2, 0.25) is 0 Å². The smallest absolute Gasteiger partial charge is 0.163 e. The summed E-state index contributed by atoms with van der Waals surface area (Å²) in [6.45, 7) is 0.504. The number of pyridine rings is 1. The number of rotatable bonds is 6. The van der Waals surface area contributed by atoms with Gasteiger partial charge in [-0.05, 0) is 54.1 Å². The first-order valence-corrected chi connectivity index (χ1v) is 13.6. The average molecular weight is 569 g/mol. The van der Waals surface area contributed by atoms with Crippen LogP contribution in [-0.2, 0) is 13.7 Å². The van der Waals surface area contributed by atoms with E-state index < -0.39 is 0 Å². The van der Waals surface area contributed by atoms with Crippen LogP contribution < -0.4 is 15.2 Å². The summed E-state index contributed by atoms with van der Waals surface area (Å²) < 4.78 is 13.6. The summed E-state index contributed by atoms with van der Waals surface area (Å²) in [5.74, 6) is 2.80. The molecule has 0 aliphatic rings. The molecule has 0 radical (unpaired) electrons. The molecule has 9 nitrogen and oxygen atoms in total. The summed E-state index contributed by atoms with van der Waals surface area (Å²) in [6, 6.07) is 34.5. The Kier molecular flexibility index (Phi) is 7.77. The number of aryl methyl sites for hydroxylation is 1. The number of aromatic nitrogens is 5. The van der Waals surface area contributed by atoms with Gasteiger partial charge in [-0.1, -0.05) is 54.6 Å². The van der Waals surface area contributed by atoms with E-state index in [0.29, 0.717) is 35.1 Å². The van der Waals surface area contributed by atoms with Crippen LogP contribution in [0.4, 0.5) is 5.82 Å². The fourth-order valence-corrected chi connectivity index (χ4v) is 4.58. The zero-order chi connectivity index (χ0) is 29.6. The summed E-state index contributed by atoms with van der Waals surface area (Å²) >= 11 is 0. The van der Waals surface area contributed by atoms with E-state index in [4.69, 9.17) is 15.2 Å². The fourth-order valence-electron chi connectivity index (χ4n) is 4.58. The molecule has 9 heteroatoms. The number of nitrogens with two attached hydrogens (primary N) is 1. The maximum Gasteiger partial charge on any atom is 0.163 e. The topological polar surface area (TPSA) is 121 Å². The Labute approximate surface area is 247 Å². The van der Waals surface area contributed by atoms with Gasteiger partial charge in [0.25, 0.3) is 0 Å². The fraction of sp³-hybridized carbons (Fsp3) is 0.0588. The lowest BCUT2D eigenvalue weighted by atomic mass is 10.1. The largest absolute Gasteiger partial charge is 0.506 e. The number of phenols is 1. The molecule has 0 bridgehead atoms. The highest BCUT2D eigenvalue weighted by atomic mass is 16.5. The molecule has 0 saturated carbocycles. The Morgan fingerprint density at radius 1 is 0.767 bits per heavy atom. The van der Waals surface area contributed by atoms with Crippen molar-refractivity contribution in [2.24, 2.45) is 7.05 Å². The third-order valence-electron chi connectivity index (χ3n) is 6.68. The number of nitrogen functional groups attached to an aromatic ring is 1. The van der Waals surface area contributed by atoms with Crippen LogP contribution in [0.5, 0.6) is 23.0 Å². The molecule has 0 atom stereocenters. The summed E-state index contributed by atoms with van der Waals surface area (Å²) in [7, 11) is 1.84. The monoisotopic (exact) mass is 568 g/mol. The van der Waals surface area contributed by atoms with Gasteiger partial charge in [-0.15, -0.1) is 0 Å². The molecule has 0 aliphatic carbocycles. The quantitative estimate of drug-likeness (QED) is 0.222. The molecule has 0 unspecified atom stereocenters. The van der Waals surface area contributed by atoms with Gasteiger partial charge in [-0.25, -0.2) is 14.6 Å². The van der Waals surface area contributed by atoms with Crippen molar-refractivity contribution in [2.75, 3.05) is 5.73 Å². The zero-order valence-corrected chi connectivity index (χ0v) is 23.3. The van der Waals surface area contributed by atoms with Gasteiger partial charge >= 0.3 is 0 Å². The predicted molar refractivity (Wildman–Crippen MR) is 167 cm³/mol. The van der Waals surface area contributed by atoms with E-state index in [9.17, 15) is 5.11 Å². The van der Waals surface area contributed by atoms with E-state index in [0.717, 1.165) is 33.3 Å². The van der Waals surface area contributed by atoms with Gasteiger partial charge in [0.15, 0.2) is 5.65 Å². The van der Waals surface area contributed by atoms with Crippen LogP contribution in [0.1, 0.15) is 5.56 Å². The number of hydrogen-bond donors (Lipinski definition) is 2. The van der Waals surface area contributed by atoms with Crippen molar-refractivity contribution < 1.29 is 14.6 Å². The summed E-state index contributed by atoms with van der Waals surface area (Å²) in [5.41, 5.74) is 10.2. The van der Waals surface area contributed by atoms with Crippen LogP contribution >= 0.6 is 0 Å². The minimum atomic E-state index is 0.239. The van der Waals surface area contributed by atoms with Gasteiger partial charge < -0.3 is 20.3 Å². The molecule has 0 fully saturated rings. The lowest BCUT2D eigenvalue weighted by Crippen LogP contribution is -1.95. The van der Waals surface area contributed by atoms with Gasteiger partial charge in [-0.2, -0.15) is 5.10 Å². The summed E-state index contributed by atoms with van der Waals surface area (Å²) in [4.78, 5) is 12.4. The van der Waals surface area contributed by atoms with Crippen molar-refractivity contribution >= 4 is 27.8 Å². The highest BCUT2D eigenvalue weighted by molar-refractivity contribution is 5.98. The van der Waals surface area contributed by atoms with Crippen LogP contribution in [0.3, 0.4) is 0 Å². The third-order valence-corrected chi connectivity index (χ3v) is 6.68. The van der Waals surface area contributed by atoms with E-state index in [1.165, 1.54) is 6.33 Å². The van der Waals surface area contributed by atoms with Gasteiger partial charge in [0.1, 0.15) is 53.0 Å². The number of para-hydroxylation sites is 1. The van der Waals surface area contributed by atoms with Crippen LogP contribution in [0.15, 0.2) is 122 Å². The number of benzene rings is 4. The average Bonchev–Trinajstić information content (AvgIpc) is 3.39. The van der Waals surface area contributed by atoms with Crippen molar-refractivity contribution in [3.05, 3.63) is 127 Å². The number of nitrogens with zero attached hydrogens (tertiary/aromatic N) is 5. The predicted octanol–water partition coefficient (Wildman–Crippen LogP) is 6.92. The molecule has 0 spiro atoms. The Bertz CT molecular complexity index is 1990. The van der Waals surface area contributed by atoms with Crippen LogP contribution in [0.25, 0.3) is 33.2 Å². The minimum absolute atomic E-state index is 0.239. The zero-order valence-electron chi connectivity index (χ0n) is 23.3. The van der Waals surface area contributed by atoms with Crippen molar-refractivity contribution in [3.8, 4) is 34.3 Å². The number of aromatic hydroxyl groups is 1. The Hall–Kier alpha value is -5.96. The molecule has 7 rings (SSSR count). The third kappa shape index (κ3) is 6.20. The lowest BCUT2D eigenvalue weighted by molar-refractivity contribution is 0.304. The van der Waals surface area contributed by atoms with Crippen molar-refractivity contribution in [1.82, 2.24) is 24.7 Å². The normalized spacial score (nSPS) is 10.7. The Morgan fingerprint density at radius 2 is 1.53 bits per heavy atom. The highest BCUT2D eigenvalue weighted by Crippen LogP contribution is 2.32. The van der Waals surface area contributed by atoms with Crippen molar-refractivity contribution in [1.29, 1.82) is 0 Å². The lowest BCUT2D eigenvalue weighted by Gasteiger charge is -2.10. The number of anilines is 1. The molecule has 3 N–H and O–H groups in total. The molecule has 7 aromatic rings. The SMILES string of the molecule is Cn1nc(-c2ccc(Oc3cccc(OCc4ccccc4)c3)cc2)c2c(N)ncnc21.Oc1cccc2cccnc12. The van der Waals surface area contributed by atoms with Crippen LogP contribution in [-0.4, -0.2) is 29.8 Å². The second kappa shape index (κ2) is 12.3. The van der Waals surface area contributed by atoms with E-state index >= 15 is 0 Å². The molecule has 0 aliphatic heterocycles. The number of ether oxygens (including phenoxy) is 2. The second-order valence-corrected chi connectivity index (χ2v) is 9.66. The van der Waals surface area contributed by atoms with E-state index in [1.54, 1.807) is 23.0 Å². The first kappa shape index (κ1) is 27.2. The molecule has 4 aromatic carbocycles. The Balaban J connectivity index is 0.000000250. The first-order chi connectivity index (χ1) is 21.0. The molecule has 43 heavy (non-hydrogen) atoms. The standard InChI is InChI=1S/C25H21N5O2.C9H7NO/c1-30-25-22(24(26)27-16-28-25)23(29-30)18-10-12-19(13-11-18)32-21-9-5-8-20(14-21)31-15-17-6-3-2-4-7-17;11-8-5-1-3-7-4-2-6-10-9(7)8/h2-14,16H,15H2,1H3,(H2,26,27,28);1-6,11H. The molecular formula is C34H28N6O3. The molecule has 3 aromatic heterocycles. The van der Waals surface area contributed by atoms with Gasteiger partial charge in [0, 0.05) is 30.3 Å². The number of fused-ring (bicyclic) bond motifs is 2. The molecule has 212 valence electrons.